The van der Waals surface area contributed by atoms with Crippen LogP contribution in [0.1, 0.15) is 25.3 Å². The van der Waals surface area contributed by atoms with Crippen LogP contribution >= 0.6 is 11.6 Å². The summed E-state index contributed by atoms with van der Waals surface area (Å²) >= 11 is 6.19. The minimum atomic E-state index is -3.48. The zero-order valence-electron chi connectivity index (χ0n) is 19.9. The number of sulfone groups is 1. The molecule has 2 aromatic rings. The first-order chi connectivity index (χ1) is 16.6. The Balaban J connectivity index is 1.26. The maximum atomic E-state index is 12.8. The average molecular weight is 520 g/mol. The third-order valence-electron chi connectivity index (χ3n) is 6.98. The molecule has 0 saturated carbocycles. The van der Waals surface area contributed by atoms with Crippen molar-refractivity contribution in [1.29, 1.82) is 0 Å². The lowest BCUT2D eigenvalue weighted by Crippen LogP contribution is -2.47. The van der Waals surface area contributed by atoms with Crippen LogP contribution in [0.4, 0.5) is 5.69 Å². The van der Waals surface area contributed by atoms with E-state index >= 15 is 0 Å². The molecule has 0 aromatic heterocycles. The van der Waals surface area contributed by atoms with Crippen LogP contribution in [0.15, 0.2) is 47.4 Å². The van der Waals surface area contributed by atoms with Crippen molar-refractivity contribution in [1.82, 2.24) is 9.80 Å². The molecule has 1 fully saturated rings. The molecule has 35 heavy (non-hydrogen) atoms. The van der Waals surface area contributed by atoms with Gasteiger partial charge in [0, 0.05) is 37.8 Å². The van der Waals surface area contributed by atoms with Gasteiger partial charge in [0.25, 0.3) is 0 Å². The molecule has 2 aliphatic rings. The molecule has 0 bridgehead atoms. The van der Waals surface area contributed by atoms with E-state index in [0.717, 1.165) is 37.2 Å². The smallest absolute Gasteiger partial charge is 0.235 e. The second kappa shape index (κ2) is 10.2. The Morgan fingerprint density at radius 2 is 1.86 bits per heavy atom. The van der Waals surface area contributed by atoms with E-state index in [9.17, 15) is 18.0 Å². The van der Waals surface area contributed by atoms with Crippen molar-refractivity contribution < 1.29 is 22.7 Å². The van der Waals surface area contributed by atoms with Crippen molar-refractivity contribution in [3.63, 3.8) is 0 Å². The van der Waals surface area contributed by atoms with Crippen molar-refractivity contribution >= 4 is 38.9 Å². The minimum absolute atomic E-state index is 0.0497. The number of rotatable bonds is 8. The van der Waals surface area contributed by atoms with E-state index in [0.29, 0.717) is 23.9 Å². The van der Waals surface area contributed by atoms with Crippen molar-refractivity contribution in [2.45, 2.75) is 30.1 Å². The SMILES string of the molecule is CC(=O)N(C)CCS(=O)(=O)c1ccc(OCCN2CCC3(CC2)C(=O)Nc2ccc(Cl)cc23)cc1. The molecule has 0 atom stereocenters. The summed E-state index contributed by atoms with van der Waals surface area (Å²) in [5.74, 6) is 0.341. The summed E-state index contributed by atoms with van der Waals surface area (Å²) in [4.78, 5) is 27.9. The van der Waals surface area contributed by atoms with Crippen molar-refractivity contribution in [3.8, 4) is 5.75 Å². The number of nitrogens with one attached hydrogen (secondary N) is 1. The zero-order chi connectivity index (χ0) is 25.2. The van der Waals surface area contributed by atoms with Crippen LogP contribution in [-0.2, 0) is 24.8 Å². The third kappa shape index (κ3) is 5.47. The first kappa shape index (κ1) is 25.5. The number of carbonyl (C=O) groups is 2. The van der Waals surface area contributed by atoms with Crippen LogP contribution in [0.25, 0.3) is 0 Å². The van der Waals surface area contributed by atoms with Crippen LogP contribution in [0, 0.1) is 0 Å². The molecular weight excluding hydrogens is 490 g/mol. The van der Waals surface area contributed by atoms with E-state index in [1.54, 1.807) is 25.2 Å². The van der Waals surface area contributed by atoms with Crippen LogP contribution in [0.3, 0.4) is 0 Å². The molecule has 0 radical (unpaired) electrons. The van der Waals surface area contributed by atoms with Gasteiger partial charge in [-0.15, -0.1) is 0 Å². The summed E-state index contributed by atoms with van der Waals surface area (Å²) in [6, 6.07) is 11.9. The number of hydrogen-bond donors (Lipinski definition) is 1. The highest BCUT2D eigenvalue weighted by molar-refractivity contribution is 7.91. The molecule has 2 amide bonds. The van der Waals surface area contributed by atoms with Gasteiger partial charge in [0.1, 0.15) is 12.4 Å². The minimum Gasteiger partial charge on any atom is -0.492 e. The van der Waals surface area contributed by atoms with Crippen LogP contribution in [0.2, 0.25) is 5.02 Å². The number of amides is 2. The first-order valence-corrected chi connectivity index (χ1v) is 13.6. The van der Waals surface area contributed by atoms with Gasteiger partial charge in [-0.2, -0.15) is 0 Å². The van der Waals surface area contributed by atoms with Gasteiger partial charge < -0.3 is 15.0 Å². The number of nitrogens with zero attached hydrogens (tertiary/aromatic N) is 2. The number of fused-ring (bicyclic) bond motifs is 2. The van der Waals surface area contributed by atoms with Gasteiger partial charge in [0.15, 0.2) is 9.84 Å². The molecule has 0 aliphatic carbocycles. The summed E-state index contributed by atoms with van der Waals surface area (Å²) < 4.78 is 30.8. The Bertz CT molecular complexity index is 1210. The number of halogens is 1. The fourth-order valence-corrected chi connectivity index (χ4v) is 6.08. The largest absolute Gasteiger partial charge is 0.492 e. The number of hydrogen-bond acceptors (Lipinski definition) is 6. The predicted molar refractivity (Wildman–Crippen MR) is 135 cm³/mol. The van der Waals surface area contributed by atoms with E-state index in [1.165, 1.54) is 24.0 Å². The van der Waals surface area contributed by atoms with Gasteiger partial charge in [-0.05, 0) is 74.0 Å². The van der Waals surface area contributed by atoms with E-state index in [1.807, 2.05) is 12.1 Å². The van der Waals surface area contributed by atoms with E-state index < -0.39 is 15.3 Å². The van der Waals surface area contributed by atoms with Gasteiger partial charge in [-0.25, -0.2) is 8.42 Å². The highest BCUT2D eigenvalue weighted by Gasteiger charge is 2.48. The normalized spacial score (nSPS) is 17.2. The monoisotopic (exact) mass is 519 g/mol. The summed E-state index contributed by atoms with van der Waals surface area (Å²) in [7, 11) is -1.90. The lowest BCUT2D eigenvalue weighted by molar-refractivity contribution is -0.127. The summed E-state index contributed by atoms with van der Waals surface area (Å²) in [5.41, 5.74) is 1.33. The van der Waals surface area contributed by atoms with Crippen molar-refractivity contribution in [2.75, 3.05) is 50.9 Å². The number of piperidine rings is 1. The molecule has 0 unspecified atom stereocenters. The van der Waals surface area contributed by atoms with E-state index in [4.69, 9.17) is 16.3 Å². The van der Waals surface area contributed by atoms with Gasteiger partial charge in [0.05, 0.1) is 16.1 Å². The molecular formula is C25H30ClN3O5S. The quantitative estimate of drug-likeness (QED) is 0.576. The molecule has 1 saturated heterocycles. The maximum absolute atomic E-state index is 12.8. The molecule has 8 nitrogen and oxygen atoms in total. The number of anilines is 1. The highest BCUT2D eigenvalue weighted by Crippen LogP contribution is 2.45. The predicted octanol–water partition coefficient (Wildman–Crippen LogP) is 2.96. The summed E-state index contributed by atoms with van der Waals surface area (Å²) in [6.45, 7) is 4.26. The summed E-state index contributed by atoms with van der Waals surface area (Å²) in [6.07, 6.45) is 1.44. The first-order valence-electron chi connectivity index (χ1n) is 11.6. The highest BCUT2D eigenvalue weighted by atomic mass is 35.5. The second-order valence-corrected chi connectivity index (χ2v) is 11.7. The molecule has 1 N–H and O–H groups in total. The fourth-order valence-electron chi connectivity index (χ4n) is 4.61. The fraction of sp³-hybridized carbons (Fsp3) is 0.440. The second-order valence-electron chi connectivity index (χ2n) is 9.15. The molecule has 2 heterocycles. The maximum Gasteiger partial charge on any atom is 0.235 e. The Morgan fingerprint density at radius 3 is 2.51 bits per heavy atom. The van der Waals surface area contributed by atoms with Gasteiger partial charge in [-0.1, -0.05) is 11.6 Å². The number of benzene rings is 2. The average Bonchev–Trinajstić information content (AvgIpc) is 3.09. The lowest BCUT2D eigenvalue weighted by atomic mass is 9.73. The Labute approximate surface area is 211 Å². The Kier molecular flexibility index (Phi) is 7.40. The van der Waals surface area contributed by atoms with Crippen molar-refractivity contribution in [2.24, 2.45) is 0 Å². The molecule has 4 rings (SSSR count). The van der Waals surface area contributed by atoms with Crippen LogP contribution < -0.4 is 10.1 Å². The Morgan fingerprint density at radius 1 is 1.17 bits per heavy atom. The summed E-state index contributed by atoms with van der Waals surface area (Å²) in [5, 5.41) is 3.63. The van der Waals surface area contributed by atoms with Crippen LogP contribution in [0.5, 0.6) is 5.75 Å². The van der Waals surface area contributed by atoms with Gasteiger partial charge >= 0.3 is 0 Å². The molecule has 1 spiro atoms. The van der Waals surface area contributed by atoms with Gasteiger partial charge in [0.2, 0.25) is 11.8 Å². The number of likely N-dealkylation sites (tertiary alicyclic amines) is 1. The third-order valence-corrected chi connectivity index (χ3v) is 8.93. The van der Waals surface area contributed by atoms with E-state index in [-0.39, 0.29) is 29.0 Å². The molecule has 2 aromatic carbocycles. The Hall–Kier alpha value is -2.62. The standard InChI is InChI=1S/C25H30ClN3O5S/c1-18(30)28(2)14-16-35(32,33)21-6-4-20(5-7-21)34-15-13-29-11-9-25(10-12-29)22-17-19(26)3-8-23(22)27-24(25)31/h3-8,17H,9-16H2,1-2H3,(H,27,31). The van der Waals surface area contributed by atoms with Crippen molar-refractivity contribution in [3.05, 3.63) is 53.1 Å². The van der Waals surface area contributed by atoms with E-state index in [2.05, 4.69) is 10.2 Å². The lowest BCUT2D eigenvalue weighted by Gasteiger charge is -2.37. The van der Waals surface area contributed by atoms with Crippen LogP contribution in [-0.4, -0.2) is 75.6 Å². The molecule has 188 valence electrons. The number of ether oxygens (including phenoxy) is 1. The van der Waals surface area contributed by atoms with Gasteiger partial charge in [-0.3, -0.25) is 14.5 Å². The molecule has 10 heteroatoms. The zero-order valence-corrected chi connectivity index (χ0v) is 21.5. The topological polar surface area (TPSA) is 96.0 Å². The molecule has 2 aliphatic heterocycles. The number of carbonyl (C=O) groups excluding carboxylic acids is 2.